The van der Waals surface area contributed by atoms with Gasteiger partial charge in [0.2, 0.25) is 0 Å². The molecule has 0 heterocycles. The minimum Gasteiger partial charge on any atom is -0.487 e. The van der Waals surface area contributed by atoms with E-state index < -0.39 is 30.4 Å². The van der Waals surface area contributed by atoms with Crippen LogP contribution in [0.2, 0.25) is 0 Å². The van der Waals surface area contributed by atoms with Gasteiger partial charge in [0.05, 0.1) is 11.5 Å². The van der Waals surface area contributed by atoms with Crippen LogP contribution in [0, 0.1) is 21.8 Å². The Balaban J connectivity index is 2.29. The number of hydrogen-bond donors (Lipinski definition) is 0. The zero-order chi connectivity index (χ0) is 14.9. The molecule has 0 bridgehead atoms. The first-order chi connectivity index (χ1) is 9.29. The van der Waals surface area contributed by atoms with Gasteiger partial charge in [-0.2, -0.15) is 0 Å². The fourth-order valence-electron chi connectivity index (χ4n) is 1.71. The van der Waals surface area contributed by atoms with E-state index in [0.29, 0.717) is 18.1 Å². The Morgan fingerprint density at radius 1 is 1.45 bits per heavy atom. The molecular weight excluding hydrogens is 313 g/mol. The highest BCUT2D eigenvalue weighted by atomic mass is 35.7. The summed E-state index contributed by atoms with van der Waals surface area (Å²) < 4.78 is 41.0. The van der Waals surface area contributed by atoms with Gasteiger partial charge in [-0.25, -0.2) is 12.8 Å². The van der Waals surface area contributed by atoms with Crippen molar-refractivity contribution in [1.29, 1.82) is 0 Å². The molecule has 1 aliphatic rings. The lowest BCUT2D eigenvalue weighted by atomic mass is 10.2. The lowest BCUT2D eigenvalue weighted by molar-refractivity contribution is -0.386. The summed E-state index contributed by atoms with van der Waals surface area (Å²) in [4.78, 5) is 9.12. The number of benzene rings is 1. The number of halogens is 2. The molecule has 1 aromatic rings. The van der Waals surface area contributed by atoms with Crippen LogP contribution in [0.1, 0.15) is 19.3 Å². The summed E-state index contributed by atoms with van der Waals surface area (Å²) in [5.41, 5.74) is -0.624. The van der Waals surface area contributed by atoms with Crippen LogP contribution in [0.15, 0.2) is 17.0 Å². The van der Waals surface area contributed by atoms with E-state index in [2.05, 4.69) is 0 Å². The van der Waals surface area contributed by atoms with Crippen LogP contribution in [-0.4, -0.2) is 19.9 Å². The van der Waals surface area contributed by atoms with Crippen molar-refractivity contribution in [2.45, 2.75) is 24.2 Å². The van der Waals surface area contributed by atoms with Crippen LogP contribution < -0.4 is 4.74 Å². The van der Waals surface area contributed by atoms with Crippen LogP contribution in [0.25, 0.3) is 0 Å². The molecule has 9 heteroatoms. The van der Waals surface area contributed by atoms with Gasteiger partial charge in [0.1, 0.15) is 10.7 Å². The number of rotatable bonds is 6. The minimum absolute atomic E-state index is 0.220. The van der Waals surface area contributed by atoms with Crippen molar-refractivity contribution in [1.82, 2.24) is 0 Å². The maximum absolute atomic E-state index is 13.6. The second kappa shape index (κ2) is 5.53. The summed E-state index contributed by atoms with van der Waals surface area (Å²) in [6.45, 7) is 0.220. The normalized spacial score (nSPS) is 15.1. The zero-order valence-electron chi connectivity index (χ0n) is 10.2. The van der Waals surface area contributed by atoms with Gasteiger partial charge in [-0.1, -0.05) is 12.8 Å². The van der Waals surface area contributed by atoms with Gasteiger partial charge in [-0.05, 0) is 12.3 Å². The third-order valence-electron chi connectivity index (χ3n) is 2.95. The summed E-state index contributed by atoms with van der Waals surface area (Å²) in [5.74, 6) is -0.911. The fraction of sp³-hybridized carbons (Fsp3) is 0.455. The van der Waals surface area contributed by atoms with Gasteiger partial charge < -0.3 is 4.74 Å². The van der Waals surface area contributed by atoms with E-state index in [0.717, 1.165) is 19.3 Å². The molecule has 6 nitrogen and oxygen atoms in total. The number of hydrogen-bond acceptors (Lipinski definition) is 5. The highest BCUT2D eigenvalue weighted by molar-refractivity contribution is 8.13. The standard InChI is InChI=1S/C11H11ClFNO5S/c12-20(17,18)11-6-9(14(15)16)10(5-8(11)13)19-4-3-7-1-2-7/h5-7H,1-4H2. The summed E-state index contributed by atoms with van der Waals surface area (Å²) >= 11 is 0. The molecule has 2 rings (SSSR count). The maximum Gasteiger partial charge on any atom is 0.312 e. The van der Waals surface area contributed by atoms with Gasteiger partial charge >= 0.3 is 5.69 Å². The number of ether oxygens (including phenoxy) is 1. The first-order valence-electron chi connectivity index (χ1n) is 5.84. The predicted octanol–water partition coefficient (Wildman–Crippen LogP) is 2.84. The lowest BCUT2D eigenvalue weighted by Gasteiger charge is -2.08. The molecule has 1 aromatic carbocycles. The van der Waals surface area contributed by atoms with E-state index in [1.54, 1.807) is 0 Å². The van der Waals surface area contributed by atoms with E-state index in [1.807, 2.05) is 0 Å². The molecule has 0 spiro atoms. The topological polar surface area (TPSA) is 86.5 Å². The SMILES string of the molecule is O=[N+]([O-])c1cc(S(=O)(=O)Cl)c(F)cc1OCCC1CC1. The van der Waals surface area contributed by atoms with Crippen LogP contribution in [0.5, 0.6) is 5.75 Å². The first-order valence-corrected chi connectivity index (χ1v) is 8.15. The van der Waals surface area contributed by atoms with E-state index in [4.69, 9.17) is 15.4 Å². The third-order valence-corrected chi connectivity index (χ3v) is 4.29. The summed E-state index contributed by atoms with van der Waals surface area (Å²) in [6.07, 6.45) is 2.93. The molecule has 1 saturated carbocycles. The molecule has 0 aliphatic heterocycles. The molecule has 0 saturated heterocycles. The van der Waals surface area contributed by atoms with E-state index in [1.165, 1.54) is 0 Å². The van der Waals surface area contributed by atoms with Gasteiger partial charge in [0.15, 0.2) is 5.75 Å². The third kappa shape index (κ3) is 3.57. The summed E-state index contributed by atoms with van der Waals surface area (Å²) in [7, 11) is 0.623. The average molecular weight is 324 g/mol. The molecule has 0 unspecified atom stereocenters. The van der Waals surface area contributed by atoms with Crippen LogP contribution in [0.3, 0.4) is 0 Å². The number of nitro groups is 1. The maximum atomic E-state index is 13.6. The molecule has 0 amide bonds. The molecule has 20 heavy (non-hydrogen) atoms. The quantitative estimate of drug-likeness (QED) is 0.456. The van der Waals surface area contributed by atoms with Gasteiger partial charge in [-0.15, -0.1) is 0 Å². The smallest absolute Gasteiger partial charge is 0.312 e. The first kappa shape index (κ1) is 15.0. The Hall–Kier alpha value is -1.41. The van der Waals surface area contributed by atoms with Gasteiger partial charge in [-0.3, -0.25) is 10.1 Å². The van der Waals surface area contributed by atoms with E-state index >= 15 is 0 Å². The van der Waals surface area contributed by atoms with Crippen molar-refractivity contribution in [3.63, 3.8) is 0 Å². The summed E-state index contributed by atoms with van der Waals surface area (Å²) in [5, 5.41) is 10.9. The molecule has 1 fully saturated rings. The second-order valence-corrected chi connectivity index (χ2v) is 7.06. The van der Waals surface area contributed by atoms with Gasteiger partial charge in [0.25, 0.3) is 9.05 Å². The van der Waals surface area contributed by atoms with Crippen LogP contribution in [-0.2, 0) is 9.05 Å². The van der Waals surface area contributed by atoms with Crippen molar-refractivity contribution in [3.8, 4) is 5.75 Å². The van der Waals surface area contributed by atoms with Crippen molar-refractivity contribution >= 4 is 25.4 Å². The van der Waals surface area contributed by atoms with Crippen LogP contribution in [0.4, 0.5) is 10.1 Å². The fourth-order valence-corrected chi connectivity index (χ4v) is 2.61. The molecular formula is C11H11ClFNO5S. The van der Waals surface area contributed by atoms with Crippen molar-refractivity contribution < 1.29 is 22.5 Å². The number of nitrogens with zero attached hydrogens (tertiary/aromatic N) is 1. The van der Waals surface area contributed by atoms with E-state index in [9.17, 15) is 22.9 Å². The molecule has 110 valence electrons. The molecule has 0 aromatic heterocycles. The Bertz CT molecular complexity index is 644. The predicted molar refractivity (Wildman–Crippen MR) is 68.9 cm³/mol. The van der Waals surface area contributed by atoms with Crippen molar-refractivity contribution in [2.24, 2.45) is 5.92 Å². The van der Waals surface area contributed by atoms with E-state index in [-0.39, 0.29) is 12.4 Å². The van der Waals surface area contributed by atoms with Crippen molar-refractivity contribution in [3.05, 3.63) is 28.1 Å². The number of nitro benzene ring substituents is 1. The van der Waals surface area contributed by atoms with Gasteiger partial charge in [0, 0.05) is 22.8 Å². The highest BCUT2D eigenvalue weighted by Crippen LogP contribution is 2.35. The molecule has 1 aliphatic carbocycles. The average Bonchev–Trinajstić information content (AvgIpc) is 3.11. The van der Waals surface area contributed by atoms with Crippen LogP contribution >= 0.6 is 10.7 Å². The lowest BCUT2D eigenvalue weighted by Crippen LogP contribution is -2.04. The molecule has 0 N–H and O–H groups in total. The Morgan fingerprint density at radius 2 is 2.10 bits per heavy atom. The Morgan fingerprint density at radius 3 is 2.60 bits per heavy atom. The largest absolute Gasteiger partial charge is 0.487 e. The zero-order valence-corrected chi connectivity index (χ0v) is 11.8. The van der Waals surface area contributed by atoms with Crippen molar-refractivity contribution in [2.75, 3.05) is 6.61 Å². The Labute approximate surface area is 119 Å². The highest BCUT2D eigenvalue weighted by Gasteiger charge is 2.26. The second-order valence-electron chi connectivity index (χ2n) is 4.53. The molecule has 0 atom stereocenters. The summed E-state index contributed by atoms with van der Waals surface area (Å²) in [6, 6.07) is 1.25. The molecule has 0 radical (unpaired) electrons. The monoisotopic (exact) mass is 323 g/mol. The minimum atomic E-state index is -4.39. The Kier molecular flexibility index (Phi) is 4.14.